The van der Waals surface area contributed by atoms with Crippen molar-refractivity contribution < 1.29 is 27.1 Å². The van der Waals surface area contributed by atoms with E-state index < -0.39 is 23.4 Å². The fraction of sp³-hybridized carbons (Fsp3) is 0.154. The minimum atomic E-state index is -1.30. The summed E-state index contributed by atoms with van der Waals surface area (Å²) in [4.78, 5) is 10.6. The summed E-state index contributed by atoms with van der Waals surface area (Å²) < 4.78 is 49.4. The first-order valence-electron chi connectivity index (χ1n) is 5.34. The van der Waals surface area contributed by atoms with Crippen molar-refractivity contribution in [1.82, 2.24) is 0 Å². The van der Waals surface area contributed by atoms with Gasteiger partial charge < -0.3 is 9.15 Å². The Hall–Kier alpha value is -2.24. The molecule has 0 aliphatic heterocycles. The van der Waals surface area contributed by atoms with Crippen molar-refractivity contribution in [2.45, 2.75) is 13.5 Å². The molecule has 0 unspecified atom stereocenters. The molecule has 0 amide bonds. The van der Waals surface area contributed by atoms with E-state index in [-0.39, 0.29) is 23.7 Å². The highest BCUT2D eigenvalue weighted by Gasteiger charge is 2.16. The van der Waals surface area contributed by atoms with Gasteiger partial charge in [0.25, 0.3) is 0 Å². The highest BCUT2D eigenvalue weighted by atomic mass is 19.2. The van der Waals surface area contributed by atoms with Crippen LogP contribution >= 0.6 is 0 Å². The molecule has 0 aliphatic carbocycles. The van der Waals surface area contributed by atoms with Crippen molar-refractivity contribution in [3.63, 3.8) is 0 Å². The molecule has 0 saturated heterocycles. The van der Waals surface area contributed by atoms with Crippen LogP contribution < -0.4 is 0 Å². The lowest BCUT2D eigenvalue weighted by atomic mass is 10.1. The topological polar surface area (TPSA) is 39.4 Å². The molecule has 2 aromatic rings. The minimum Gasteiger partial charge on any atom is -0.458 e. The third-order valence-corrected chi connectivity index (χ3v) is 2.34. The standard InChI is InChI=1S/C13H9F3O3/c1-7(17)18-6-9-2-3-12(19-9)10-4-8(14)5-11(15)13(10)16/h2-5H,6H2,1H3. The van der Waals surface area contributed by atoms with Crippen LogP contribution in [0.1, 0.15) is 12.7 Å². The van der Waals surface area contributed by atoms with Crippen molar-refractivity contribution in [3.05, 3.63) is 47.5 Å². The maximum atomic E-state index is 13.5. The molecule has 0 saturated carbocycles. The van der Waals surface area contributed by atoms with E-state index in [1.54, 1.807) is 0 Å². The average Bonchev–Trinajstić information content (AvgIpc) is 2.79. The Morgan fingerprint density at radius 2 is 2.00 bits per heavy atom. The molecular weight excluding hydrogens is 261 g/mol. The van der Waals surface area contributed by atoms with E-state index in [0.29, 0.717) is 6.07 Å². The first-order valence-corrected chi connectivity index (χ1v) is 5.34. The zero-order valence-electron chi connectivity index (χ0n) is 9.88. The Bertz CT molecular complexity index is 620. The molecule has 0 bridgehead atoms. The van der Waals surface area contributed by atoms with Crippen molar-refractivity contribution in [3.8, 4) is 11.3 Å². The number of rotatable bonds is 3. The zero-order valence-corrected chi connectivity index (χ0v) is 9.88. The normalized spacial score (nSPS) is 10.5. The molecule has 0 radical (unpaired) electrons. The summed E-state index contributed by atoms with van der Waals surface area (Å²) in [6, 6.07) is 4.05. The summed E-state index contributed by atoms with van der Waals surface area (Å²) in [6.07, 6.45) is 0. The quantitative estimate of drug-likeness (QED) is 0.633. The van der Waals surface area contributed by atoms with Crippen LogP contribution in [0.3, 0.4) is 0 Å². The van der Waals surface area contributed by atoms with Crippen molar-refractivity contribution >= 4 is 5.97 Å². The minimum absolute atomic E-state index is 0.0435. The summed E-state index contributed by atoms with van der Waals surface area (Å²) in [5.74, 6) is -3.71. The number of halogens is 3. The molecule has 0 aliphatic rings. The third-order valence-electron chi connectivity index (χ3n) is 2.34. The second-order valence-electron chi connectivity index (χ2n) is 3.80. The van der Waals surface area contributed by atoms with E-state index in [9.17, 15) is 18.0 Å². The number of esters is 1. The van der Waals surface area contributed by atoms with Crippen LogP contribution in [0.4, 0.5) is 13.2 Å². The van der Waals surface area contributed by atoms with Gasteiger partial charge in [-0.3, -0.25) is 4.79 Å². The summed E-state index contributed by atoms with van der Waals surface area (Å²) in [5, 5.41) is 0. The zero-order chi connectivity index (χ0) is 14.0. The Morgan fingerprint density at radius 3 is 2.68 bits per heavy atom. The SMILES string of the molecule is CC(=O)OCc1ccc(-c2cc(F)cc(F)c2F)o1. The Morgan fingerprint density at radius 1 is 1.26 bits per heavy atom. The van der Waals surface area contributed by atoms with E-state index in [0.717, 1.165) is 6.07 Å². The predicted molar refractivity (Wildman–Crippen MR) is 59.5 cm³/mol. The van der Waals surface area contributed by atoms with Crippen molar-refractivity contribution in [1.29, 1.82) is 0 Å². The third kappa shape index (κ3) is 2.96. The fourth-order valence-corrected chi connectivity index (χ4v) is 1.51. The van der Waals surface area contributed by atoms with E-state index in [4.69, 9.17) is 4.42 Å². The van der Waals surface area contributed by atoms with Gasteiger partial charge in [-0.25, -0.2) is 13.2 Å². The van der Waals surface area contributed by atoms with Crippen molar-refractivity contribution in [2.75, 3.05) is 0 Å². The van der Waals surface area contributed by atoms with Crippen LogP contribution in [0.2, 0.25) is 0 Å². The van der Waals surface area contributed by atoms with Gasteiger partial charge in [-0.1, -0.05) is 0 Å². The summed E-state index contributed by atoms with van der Waals surface area (Å²) in [5.41, 5.74) is -0.327. The number of benzene rings is 1. The Balaban J connectivity index is 2.30. The molecule has 19 heavy (non-hydrogen) atoms. The summed E-state index contributed by atoms with van der Waals surface area (Å²) in [6.45, 7) is 1.10. The van der Waals surface area contributed by atoms with Crippen LogP contribution in [0.15, 0.2) is 28.7 Å². The predicted octanol–water partition coefficient (Wildman–Crippen LogP) is 3.43. The van der Waals surface area contributed by atoms with E-state index in [1.807, 2.05) is 0 Å². The molecule has 3 nitrogen and oxygen atoms in total. The van der Waals surface area contributed by atoms with Gasteiger partial charge in [-0.2, -0.15) is 0 Å². The highest BCUT2D eigenvalue weighted by Crippen LogP contribution is 2.27. The highest BCUT2D eigenvalue weighted by molar-refractivity contribution is 5.66. The van der Waals surface area contributed by atoms with Crippen LogP contribution in [0, 0.1) is 17.5 Å². The van der Waals surface area contributed by atoms with Crippen LogP contribution in [-0.2, 0) is 16.1 Å². The van der Waals surface area contributed by atoms with E-state index in [1.165, 1.54) is 19.1 Å². The molecule has 2 rings (SSSR count). The molecule has 1 aromatic carbocycles. The molecule has 6 heteroatoms. The molecule has 0 atom stereocenters. The maximum Gasteiger partial charge on any atom is 0.303 e. The first kappa shape index (κ1) is 13.2. The first-order chi connectivity index (χ1) is 8.97. The van der Waals surface area contributed by atoms with Crippen LogP contribution in [0.5, 0.6) is 0 Å². The van der Waals surface area contributed by atoms with Gasteiger partial charge in [0.05, 0.1) is 5.56 Å². The van der Waals surface area contributed by atoms with Gasteiger partial charge in [-0.05, 0) is 18.2 Å². The number of hydrogen-bond acceptors (Lipinski definition) is 3. The molecule has 1 heterocycles. The number of ether oxygens (including phenoxy) is 1. The number of hydrogen-bond donors (Lipinski definition) is 0. The van der Waals surface area contributed by atoms with E-state index >= 15 is 0 Å². The van der Waals surface area contributed by atoms with E-state index in [2.05, 4.69) is 4.74 Å². The molecular formula is C13H9F3O3. The largest absolute Gasteiger partial charge is 0.458 e. The molecule has 1 aromatic heterocycles. The Kier molecular flexibility index (Phi) is 3.59. The van der Waals surface area contributed by atoms with Crippen LogP contribution in [0.25, 0.3) is 11.3 Å². The van der Waals surface area contributed by atoms with Gasteiger partial charge in [0.15, 0.2) is 11.6 Å². The molecule has 0 N–H and O–H groups in total. The van der Waals surface area contributed by atoms with Gasteiger partial charge in [-0.15, -0.1) is 0 Å². The monoisotopic (exact) mass is 270 g/mol. The van der Waals surface area contributed by atoms with Crippen molar-refractivity contribution in [2.24, 2.45) is 0 Å². The van der Waals surface area contributed by atoms with Crippen LogP contribution in [-0.4, -0.2) is 5.97 Å². The van der Waals surface area contributed by atoms with Gasteiger partial charge in [0.1, 0.15) is 23.9 Å². The summed E-state index contributed by atoms with van der Waals surface area (Å²) in [7, 11) is 0. The maximum absolute atomic E-state index is 13.5. The second kappa shape index (κ2) is 5.17. The molecule has 100 valence electrons. The smallest absolute Gasteiger partial charge is 0.303 e. The number of furan rings is 1. The second-order valence-corrected chi connectivity index (χ2v) is 3.80. The van der Waals surface area contributed by atoms with Gasteiger partial charge in [0.2, 0.25) is 0 Å². The fourth-order valence-electron chi connectivity index (χ4n) is 1.51. The molecule has 0 fully saturated rings. The number of carbonyl (C=O) groups is 1. The number of carbonyl (C=O) groups excluding carboxylic acids is 1. The van der Waals surface area contributed by atoms with Gasteiger partial charge >= 0.3 is 5.97 Å². The molecule has 0 spiro atoms. The Labute approximate surface area is 106 Å². The lowest BCUT2D eigenvalue weighted by molar-refractivity contribution is -0.142. The lowest BCUT2D eigenvalue weighted by Crippen LogP contribution is -1.97. The lowest BCUT2D eigenvalue weighted by Gasteiger charge is -2.02. The van der Waals surface area contributed by atoms with Gasteiger partial charge in [0, 0.05) is 13.0 Å². The average molecular weight is 270 g/mol. The summed E-state index contributed by atoms with van der Waals surface area (Å²) >= 11 is 0.